The largest absolute Gasteiger partial charge is 0.478 e. The van der Waals surface area contributed by atoms with Crippen LogP contribution in [0.1, 0.15) is 22.5 Å². The Kier molecular flexibility index (Phi) is 5.47. The van der Waals surface area contributed by atoms with Gasteiger partial charge in [0.25, 0.3) is 0 Å². The van der Waals surface area contributed by atoms with Crippen LogP contribution < -0.4 is 5.32 Å². The van der Waals surface area contributed by atoms with Crippen LogP contribution in [0.2, 0.25) is 0 Å². The predicted octanol–water partition coefficient (Wildman–Crippen LogP) is 0.293. The Bertz CT molecular complexity index is 411. The summed E-state index contributed by atoms with van der Waals surface area (Å²) >= 11 is 0. The number of carboxylic acids is 1. The van der Waals surface area contributed by atoms with Crippen molar-refractivity contribution in [2.24, 2.45) is 0 Å². The second-order valence-corrected chi connectivity index (χ2v) is 3.82. The molecule has 0 aliphatic carbocycles. The van der Waals surface area contributed by atoms with Gasteiger partial charge in [0, 0.05) is 19.9 Å². The first-order valence-electron chi connectivity index (χ1n) is 5.52. The molecule has 0 aliphatic rings. The van der Waals surface area contributed by atoms with E-state index in [4.69, 9.17) is 9.84 Å². The van der Waals surface area contributed by atoms with Gasteiger partial charge in [0.2, 0.25) is 5.95 Å². The predicted molar refractivity (Wildman–Crippen MR) is 64.7 cm³/mol. The summed E-state index contributed by atoms with van der Waals surface area (Å²) in [6.07, 6.45) is 1.22. The number of aromatic carboxylic acids is 1. The molecular formula is C11H17N3O4. The monoisotopic (exact) mass is 255 g/mol. The maximum absolute atomic E-state index is 10.8. The van der Waals surface area contributed by atoms with Crippen molar-refractivity contribution in [2.45, 2.75) is 19.4 Å². The zero-order valence-electron chi connectivity index (χ0n) is 10.4. The van der Waals surface area contributed by atoms with Crippen molar-refractivity contribution in [1.29, 1.82) is 0 Å². The van der Waals surface area contributed by atoms with Crippen LogP contribution in [0.3, 0.4) is 0 Å². The molecule has 1 aromatic rings. The number of nitrogens with one attached hydrogen (secondary N) is 1. The average Bonchev–Trinajstić information content (AvgIpc) is 2.29. The molecule has 1 aromatic heterocycles. The van der Waals surface area contributed by atoms with E-state index in [0.717, 1.165) is 0 Å². The first-order chi connectivity index (χ1) is 8.54. The van der Waals surface area contributed by atoms with Crippen LogP contribution in [0.15, 0.2) is 6.20 Å². The third-order valence-electron chi connectivity index (χ3n) is 2.33. The Hall–Kier alpha value is -1.73. The van der Waals surface area contributed by atoms with Gasteiger partial charge < -0.3 is 20.3 Å². The van der Waals surface area contributed by atoms with Crippen molar-refractivity contribution < 1.29 is 19.7 Å². The number of aliphatic hydroxyl groups excluding tert-OH is 1. The van der Waals surface area contributed by atoms with Crippen LogP contribution >= 0.6 is 0 Å². The van der Waals surface area contributed by atoms with E-state index in [1.165, 1.54) is 13.3 Å². The van der Waals surface area contributed by atoms with E-state index in [9.17, 15) is 9.90 Å². The Balaban J connectivity index is 2.49. The first-order valence-corrected chi connectivity index (χ1v) is 5.52. The number of aromatic nitrogens is 2. The number of hydrogen-bond donors (Lipinski definition) is 3. The lowest BCUT2D eigenvalue weighted by Crippen LogP contribution is -2.19. The van der Waals surface area contributed by atoms with Crippen LogP contribution in [-0.2, 0) is 4.74 Å². The van der Waals surface area contributed by atoms with Gasteiger partial charge in [0.1, 0.15) is 0 Å². The van der Waals surface area contributed by atoms with Gasteiger partial charge in [-0.1, -0.05) is 0 Å². The first kappa shape index (κ1) is 14.3. The SMILES string of the molecule is COCC(O)CCNc1ncc(C(=O)O)c(C)n1. The molecule has 1 heterocycles. The normalized spacial score (nSPS) is 12.2. The van der Waals surface area contributed by atoms with Crippen molar-refractivity contribution in [2.75, 3.05) is 25.6 Å². The summed E-state index contributed by atoms with van der Waals surface area (Å²) in [5, 5.41) is 21.1. The lowest BCUT2D eigenvalue weighted by molar-refractivity contribution is 0.0615. The van der Waals surface area contributed by atoms with Gasteiger partial charge in [-0.25, -0.2) is 14.8 Å². The maximum atomic E-state index is 10.8. The molecule has 7 nitrogen and oxygen atoms in total. The Morgan fingerprint density at radius 2 is 2.33 bits per heavy atom. The van der Waals surface area contributed by atoms with E-state index in [2.05, 4.69) is 15.3 Å². The molecule has 0 amide bonds. The molecule has 1 unspecified atom stereocenters. The lowest BCUT2D eigenvalue weighted by atomic mass is 10.2. The van der Waals surface area contributed by atoms with Crippen molar-refractivity contribution >= 4 is 11.9 Å². The standard InChI is InChI=1S/C11H17N3O4/c1-7-9(10(16)17)5-13-11(14-7)12-4-3-8(15)6-18-2/h5,8,15H,3-4,6H2,1-2H3,(H,16,17)(H,12,13,14). The smallest absolute Gasteiger partial charge is 0.339 e. The molecule has 7 heteroatoms. The highest BCUT2D eigenvalue weighted by atomic mass is 16.5. The number of rotatable bonds is 7. The summed E-state index contributed by atoms with van der Waals surface area (Å²) in [5.74, 6) is -0.698. The summed E-state index contributed by atoms with van der Waals surface area (Å²) in [5.41, 5.74) is 0.484. The Morgan fingerprint density at radius 3 is 2.89 bits per heavy atom. The van der Waals surface area contributed by atoms with E-state index in [-0.39, 0.29) is 12.2 Å². The molecule has 0 saturated carbocycles. The summed E-state index contributed by atoms with van der Waals surface area (Å²) in [6.45, 7) is 2.37. The van der Waals surface area contributed by atoms with Crippen LogP contribution in [0.4, 0.5) is 5.95 Å². The summed E-state index contributed by atoms with van der Waals surface area (Å²) in [6, 6.07) is 0. The molecule has 0 fully saturated rings. The minimum Gasteiger partial charge on any atom is -0.478 e. The molecule has 0 bridgehead atoms. The van der Waals surface area contributed by atoms with Crippen molar-refractivity contribution in [3.8, 4) is 0 Å². The van der Waals surface area contributed by atoms with Crippen LogP contribution in [0, 0.1) is 6.92 Å². The molecule has 100 valence electrons. The van der Waals surface area contributed by atoms with Gasteiger partial charge in [-0.3, -0.25) is 0 Å². The molecule has 3 N–H and O–H groups in total. The van der Waals surface area contributed by atoms with Gasteiger partial charge in [-0.05, 0) is 13.3 Å². The third kappa shape index (κ3) is 4.27. The number of carbonyl (C=O) groups is 1. The number of carboxylic acid groups (broad SMARTS) is 1. The highest BCUT2D eigenvalue weighted by molar-refractivity contribution is 5.88. The average molecular weight is 255 g/mol. The number of nitrogens with zero attached hydrogens (tertiary/aromatic N) is 2. The van der Waals surface area contributed by atoms with E-state index in [0.29, 0.717) is 24.6 Å². The number of ether oxygens (including phenoxy) is 1. The number of aliphatic hydroxyl groups is 1. The van der Waals surface area contributed by atoms with E-state index in [1.807, 2.05) is 0 Å². The molecular weight excluding hydrogens is 238 g/mol. The molecule has 0 aromatic carbocycles. The zero-order valence-corrected chi connectivity index (χ0v) is 10.4. The van der Waals surface area contributed by atoms with Gasteiger partial charge in [-0.15, -0.1) is 0 Å². The number of hydrogen-bond acceptors (Lipinski definition) is 6. The summed E-state index contributed by atoms with van der Waals surface area (Å²) < 4.78 is 4.79. The van der Waals surface area contributed by atoms with Gasteiger partial charge in [-0.2, -0.15) is 0 Å². The van der Waals surface area contributed by atoms with Crippen LogP contribution in [0.25, 0.3) is 0 Å². The third-order valence-corrected chi connectivity index (χ3v) is 2.33. The topological polar surface area (TPSA) is 105 Å². The quantitative estimate of drug-likeness (QED) is 0.643. The molecule has 0 aliphatic heterocycles. The molecule has 1 rings (SSSR count). The summed E-state index contributed by atoms with van der Waals surface area (Å²) in [4.78, 5) is 18.7. The van der Waals surface area contributed by atoms with Crippen molar-refractivity contribution in [3.05, 3.63) is 17.5 Å². The van der Waals surface area contributed by atoms with Crippen molar-refractivity contribution in [1.82, 2.24) is 9.97 Å². The molecule has 0 radical (unpaired) electrons. The second kappa shape index (κ2) is 6.87. The zero-order chi connectivity index (χ0) is 13.5. The Morgan fingerprint density at radius 1 is 1.61 bits per heavy atom. The fourth-order valence-corrected chi connectivity index (χ4v) is 1.39. The van der Waals surface area contributed by atoms with E-state index in [1.54, 1.807) is 6.92 Å². The number of methoxy groups -OCH3 is 1. The minimum absolute atomic E-state index is 0.0833. The van der Waals surface area contributed by atoms with Gasteiger partial charge in [0.15, 0.2) is 0 Å². The molecule has 0 spiro atoms. The Labute approximate surface area is 105 Å². The number of aryl methyl sites for hydroxylation is 1. The minimum atomic E-state index is -1.05. The van der Waals surface area contributed by atoms with Crippen molar-refractivity contribution in [3.63, 3.8) is 0 Å². The van der Waals surface area contributed by atoms with Gasteiger partial charge >= 0.3 is 5.97 Å². The lowest BCUT2D eigenvalue weighted by Gasteiger charge is -2.10. The highest BCUT2D eigenvalue weighted by Gasteiger charge is 2.10. The second-order valence-electron chi connectivity index (χ2n) is 3.82. The van der Waals surface area contributed by atoms with E-state index < -0.39 is 12.1 Å². The molecule has 1 atom stereocenters. The van der Waals surface area contributed by atoms with Crippen LogP contribution in [-0.4, -0.2) is 52.5 Å². The maximum Gasteiger partial charge on any atom is 0.339 e. The molecule has 18 heavy (non-hydrogen) atoms. The van der Waals surface area contributed by atoms with E-state index >= 15 is 0 Å². The number of anilines is 1. The van der Waals surface area contributed by atoms with Gasteiger partial charge in [0.05, 0.1) is 24.0 Å². The van der Waals surface area contributed by atoms with Crippen LogP contribution in [0.5, 0.6) is 0 Å². The fourth-order valence-electron chi connectivity index (χ4n) is 1.39. The fraction of sp³-hybridized carbons (Fsp3) is 0.545. The molecule has 0 saturated heterocycles. The summed E-state index contributed by atoms with van der Waals surface area (Å²) in [7, 11) is 1.52. The highest BCUT2D eigenvalue weighted by Crippen LogP contribution is 2.07.